The van der Waals surface area contributed by atoms with Crippen molar-refractivity contribution in [3.05, 3.63) is 117 Å². The summed E-state index contributed by atoms with van der Waals surface area (Å²) in [5, 5.41) is 0.958. The van der Waals surface area contributed by atoms with E-state index in [0.29, 0.717) is 12.8 Å². The van der Waals surface area contributed by atoms with Crippen LogP contribution in [0.1, 0.15) is 22.3 Å². The molecule has 0 fully saturated rings. The molecule has 0 saturated carbocycles. The van der Waals surface area contributed by atoms with Crippen LogP contribution in [-0.2, 0) is 12.8 Å². The van der Waals surface area contributed by atoms with Crippen LogP contribution in [0, 0.1) is 17.7 Å². The average Bonchev–Trinajstić information content (AvgIpc) is 2.71. The van der Waals surface area contributed by atoms with Gasteiger partial charge in [-0.2, -0.15) is 0 Å². The third-order valence-electron chi connectivity index (χ3n) is 4.60. The fraction of sp³-hybridized carbons (Fsp3) is 0.0800. The minimum absolute atomic E-state index is 0.0634. The Kier molecular flexibility index (Phi) is 5.03. The molecule has 3 heteroatoms. The second-order valence-corrected chi connectivity index (χ2v) is 6.69. The van der Waals surface area contributed by atoms with Crippen LogP contribution in [0.5, 0.6) is 0 Å². The maximum absolute atomic E-state index is 13.0. The van der Waals surface area contributed by atoms with Crippen LogP contribution in [0.25, 0.3) is 10.9 Å². The molecule has 4 rings (SSSR count). The predicted molar refractivity (Wildman–Crippen MR) is 111 cm³/mol. The Morgan fingerprint density at radius 1 is 0.857 bits per heavy atom. The standard InChI is InChI=1S/C25H18FNO/c26-23-12-9-18(10-13-23)7-4-8-20-11-14-24-21(15-20)17-22(25(28)27-24)16-19-5-2-1-3-6-19/h1-3,5-6,9-15,17H,7,16H2,(H,27,28). The first-order chi connectivity index (χ1) is 13.7. The van der Waals surface area contributed by atoms with E-state index in [1.54, 1.807) is 12.1 Å². The van der Waals surface area contributed by atoms with Crippen molar-refractivity contribution in [2.75, 3.05) is 0 Å². The van der Waals surface area contributed by atoms with Gasteiger partial charge in [0.1, 0.15) is 5.82 Å². The Labute approximate surface area is 162 Å². The normalized spacial score (nSPS) is 10.5. The van der Waals surface area contributed by atoms with Crippen LogP contribution >= 0.6 is 0 Å². The van der Waals surface area contributed by atoms with E-state index in [4.69, 9.17) is 0 Å². The van der Waals surface area contributed by atoms with Gasteiger partial charge in [-0.3, -0.25) is 4.79 Å². The highest BCUT2D eigenvalue weighted by Crippen LogP contribution is 2.15. The van der Waals surface area contributed by atoms with Gasteiger partial charge in [-0.15, -0.1) is 0 Å². The summed E-state index contributed by atoms with van der Waals surface area (Å²) in [7, 11) is 0. The Balaban J connectivity index is 1.59. The summed E-state index contributed by atoms with van der Waals surface area (Å²) < 4.78 is 13.0. The molecule has 0 radical (unpaired) electrons. The molecule has 1 N–H and O–H groups in total. The Morgan fingerprint density at radius 2 is 1.64 bits per heavy atom. The number of H-pyrrole nitrogens is 1. The van der Waals surface area contributed by atoms with Gasteiger partial charge in [0.05, 0.1) is 0 Å². The highest BCUT2D eigenvalue weighted by atomic mass is 19.1. The largest absolute Gasteiger partial charge is 0.322 e. The molecule has 0 amide bonds. The molecule has 0 aliphatic heterocycles. The minimum Gasteiger partial charge on any atom is -0.322 e. The SMILES string of the molecule is O=c1[nH]c2ccc(C#CCc3ccc(F)cc3)cc2cc1Cc1ccccc1. The maximum atomic E-state index is 13.0. The number of rotatable bonds is 3. The van der Waals surface area contributed by atoms with E-state index in [0.717, 1.165) is 33.2 Å². The molecular formula is C25H18FNO. The molecule has 0 bridgehead atoms. The van der Waals surface area contributed by atoms with Crippen LogP contribution < -0.4 is 5.56 Å². The van der Waals surface area contributed by atoms with Gasteiger partial charge in [-0.05, 0) is 52.9 Å². The van der Waals surface area contributed by atoms with Crippen molar-refractivity contribution in [1.82, 2.24) is 4.98 Å². The highest BCUT2D eigenvalue weighted by molar-refractivity contribution is 5.80. The van der Waals surface area contributed by atoms with E-state index in [1.165, 1.54) is 12.1 Å². The molecule has 0 spiro atoms. The summed E-state index contributed by atoms with van der Waals surface area (Å²) in [6.07, 6.45) is 1.15. The molecule has 1 heterocycles. The zero-order chi connectivity index (χ0) is 19.3. The van der Waals surface area contributed by atoms with Gasteiger partial charge in [0, 0.05) is 29.5 Å². The van der Waals surface area contributed by atoms with E-state index in [-0.39, 0.29) is 11.4 Å². The van der Waals surface area contributed by atoms with Crippen molar-refractivity contribution in [2.24, 2.45) is 0 Å². The number of fused-ring (bicyclic) bond motifs is 1. The lowest BCUT2D eigenvalue weighted by atomic mass is 10.0. The van der Waals surface area contributed by atoms with Crippen molar-refractivity contribution in [3.8, 4) is 11.8 Å². The number of aromatic nitrogens is 1. The van der Waals surface area contributed by atoms with E-state index < -0.39 is 0 Å². The molecule has 136 valence electrons. The van der Waals surface area contributed by atoms with Crippen LogP contribution in [-0.4, -0.2) is 4.98 Å². The minimum atomic E-state index is -0.244. The summed E-state index contributed by atoms with van der Waals surface area (Å²) in [4.78, 5) is 15.3. The van der Waals surface area contributed by atoms with E-state index in [9.17, 15) is 9.18 Å². The molecule has 0 saturated heterocycles. The Hall–Kier alpha value is -3.64. The van der Waals surface area contributed by atoms with Gasteiger partial charge in [-0.1, -0.05) is 54.3 Å². The van der Waals surface area contributed by atoms with Gasteiger partial charge < -0.3 is 4.98 Å². The highest BCUT2D eigenvalue weighted by Gasteiger charge is 2.05. The monoisotopic (exact) mass is 367 g/mol. The van der Waals surface area contributed by atoms with Gasteiger partial charge in [0.25, 0.3) is 5.56 Å². The molecule has 0 atom stereocenters. The van der Waals surface area contributed by atoms with Gasteiger partial charge in [0.15, 0.2) is 0 Å². The summed E-state index contributed by atoms with van der Waals surface area (Å²) in [6, 6.07) is 24.0. The quantitative estimate of drug-likeness (QED) is 0.516. The van der Waals surface area contributed by atoms with Crippen molar-refractivity contribution in [3.63, 3.8) is 0 Å². The number of benzene rings is 3. The Morgan fingerprint density at radius 3 is 2.43 bits per heavy atom. The first-order valence-electron chi connectivity index (χ1n) is 9.10. The predicted octanol–water partition coefficient (Wildman–Crippen LogP) is 4.85. The second kappa shape index (κ2) is 7.94. The van der Waals surface area contributed by atoms with Crippen molar-refractivity contribution < 1.29 is 4.39 Å². The number of hydrogen-bond acceptors (Lipinski definition) is 1. The number of nitrogens with one attached hydrogen (secondary N) is 1. The molecule has 0 unspecified atom stereocenters. The van der Waals surface area contributed by atoms with Crippen LogP contribution in [0.15, 0.2) is 83.7 Å². The zero-order valence-corrected chi connectivity index (χ0v) is 15.2. The van der Waals surface area contributed by atoms with Crippen molar-refractivity contribution >= 4 is 10.9 Å². The molecule has 0 aliphatic carbocycles. The number of hydrogen-bond donors (Lipinski definition) is 1. The summed E-state index contributed by atoms with van der Waals surface area (Å²) in [5.41, 5.74) is 4.42. The van der Waals surface area contributed by atoms with Crippen molar-refractivity contribution in [1.29, 1.82) is 0 Å². The molecule has 0 aliphatic rings. The van der Waals surface area contributed by atoms with Crippen LogP contribution in [0.4, 0.5) is 4.39 Å². The fourth-order valence-corrected chi connectivity index (χ4v) is 3.13. The lowest BCUT2D eigenvalue weighted by molar-refractivity contribution is 0.627. The topological polar surface area (TPSA) is 32.9 Å². The summed E-state index contributed by atoms with van der Waals surface area (Å²) in [6.45, 7) is 0. The van der Waals surface area contributed by atoms with Crippen molar-refractivity contribution in [2.45, 2.75) is 12.8 Å². The van der Waals surface area contributed by atoms with E-state index in [2.05, 4.69) is 16.8 Å². The summed E-state index contributed by atoms with van der Waals surface area (Å²) in [5.74, 6) is 6.03. The van der Waals surface area contributed by atoms with Gasteiger partial charge in [-0.25, -0.2) is 4.39 Å². The first kappa shape index (κ1) is 17.8. The fourth-order valence-electron chi connectivity index (χ4n) is 3.13. The lowest BCUT2D eigenvalue weighted by Gasteiger charge is -2.04. The number of halogens is 1. The lowest BCUT2D eigenvalue weighted by Crippen LogP contribution is -2.12. The van der Waals surface area contributed by atoms with Crippen LogP contribution in [0.3, 0.4) is 0 Å². The number of aromatic amines is 1. The van der Waals surface area contributed by atoms with Gasteiger partial charge in [0.2, 0.25) is 0 Å². The third kappa shape index (κ3) is 4.19. The van der Waals surface area contributed by atoms with E-state index >= 15 is 0 Å². The summed E-state index contributed by atoms with van der Waals surface area (Å²) >= 11 is 0. The molecular weight excluding hydrogens is 349 g/mol. The van der Waals surface area contributed by atoms with Gasteiger partial charge >= 0.3 is 0 Å². The molecule has 4 aromatic rings. The molecule has 2 nitrogen and oxygen atoms in total. The zero-order valence-electron chi connectivity index (χ0n) is 15.2. The molecule has 3 aromatic carbocycles. The maximum Gasteiger partial charge on any atom is 0.251 e. The van der Waals surface area contributed by atoms with E-state index in [1.807, 2.05) is 54.6 Å². The first-order valence-corrected chi connectivity index (χ1v) is 9.10. The average molecular weight is 367 g/mol. The molecule has 28 heavy (non-hydrogen) atoms. The second-order valence-electron chi connectivity index (χ2n) is 6.69. The Bertz CT molecular complexity index is 1230. The number of pyridine rings is 1. The van der Waals surface area contributed by atoms with Crippen LogP contribution in [0.2, 0.25) is 0 Å². The molecule has 1 aromatic heterocycles. The smallest absolute Gasteiger partial charge is 0.251 e. The third-order valence-corrected chi connectivity index (χ3v) is 4.60.